The first-order valence-corrected chi connectivity index (χ1v) is 4.39. The maximum Gasteiger partial charge on any atom is 0.402 e. The van der Waals surface area contributed by atoms with Crippen molar-refractivity contribution in [3.63, 3.8) is 0 Å². The van der Waals surface area contributed by atoms with E-state index in [9.17, 15) is 13.2 Å². The molecule has 74 valence electrons. The van der Waals surface area contributed by atoms with E-state index in [1.807, 2.05) is 0 Å². The van der Waals surface area contributed by atoms with Gasteiger partial charge in [-0.1, -0.05) is 5.16 Å². The van der Waals surface area contributed by atoms with E-state index in [-0.39, 0.29) is 3.83 Å². The van der Waals surface area contributed by atoms with Gasteiger partial charge in [0, 0.05) is 22.6 Å². The molecule has 0 unspecified atom stereocenters. The Morgan fingerprint density at radius 2 is 1.85 bits per heavy atom. The third-order valence-corrected chi connectivity index (χ3v) is 2.08. The summed E-state index contributed by atoms with van der Waals surface area (Å²) in [6.07, 6.45) is -4.39. The van der Waals surface area contributed by atoms with Gasteiger partial charge in [-0.05, 0) is 13.8 Å². The number of rotatable bonds is 1. The Balaban J connectivity index is 3.07. The molecular weight excluding hydrogens is 300 g/mol. The Hall–Kier alpha value is -0.340. The second kappa shape index (κ2) is 3.10. The molecule has 0 N–H and O–H groups in total. The van der Waals surface area contributed by atoms with Crippen molar-refractivity contribution in [2.24, 2.45) is 0 Å². The molecule has 0 radical (unpaired) electrons. The van der Waals surface area contributed by atoms with E-state index in [4.69, 9.17) is 0 Å². The molecule has 1 aromatic heterocycles. The molecule has 0 saturated heterocycles. The Morgan fingerprint density at radius 3 is 2.15 bits per heavy atom. The molecular formula is C6H6F3IN2O. The van der Waals surface area contributed by atoms with Crippen molar-refractivity contribution in [3.8, 4) is 0 Å². The van der Waals surface area contributed by atoms with Gasteiger partial charge in [0.2, 0.25) is 9.72 Å². The fraction of sp³-hybridized carbons (Fsp3) is 0.667. The molecule has 0 aliphatic carbocycles. The molecule has 0 atom stereocenters. The highest BCUT2D eigenvalue weighted by Crippen LogP contribution is 2.39. The zero-order chi connectivity index (χ0) is 10.3. The van der Waals surface area contributed by atoms with E-state index >= 15 is 0 Å². The van der Waals surface area contributed by atoms with E-state index in [0.29, 0.717) is 0 Å². The van der Waals surface area contributed by atoms with Crippen molar-refractivity contribution < 1.29 is 17.7 Å². The molecule has 0 fully saturated rings. The fourth-order valence-corrected chi connectivity index (χ4v) is 0.898. The Labute approximate surface area is 85.8 Å². The molecule has 1 aromatic rings. The third-order valence-electron chi connectivity index (χ3n) is 1.64. The minimum atomic E-state index is -4.39. The number of halogens is 4. The molecule has 7 heteroatoms. The summed E-state index contributed by atoms with van der Waals surface area (Å²) in [4.78, 5) is 3.54. The highest BCUT2D eigenvalue weighted by atomic mass is 127. The van der Waals surface area contributed by atoms with Crippen LogP contribution < -0.4 is 0 Å². The lowest BCUT2D eigenvalue weighted by Gasteiger charge is -2.22. The smallest absolute Gasteiger partial charge is 0.338 e. The quantitative estimate of drug-likeness (QED) is 0.748. The predicted molar refractivity (Wildman–Crippen MR) is 46.1 cm³/mol. The molecule has 0 aliphatic rings. The van der Waals surface area contributed by atoms with Gasteiger partial charge in [0.25, 0.3) is 0 Å². The number of alkyl halides is 3. The maximum absolute atomic E-state index is 12.4. The molecule has 0 aliphatic heterocycles. The van der Waals surface area contributed by atoms with Gasteiger partial charge in [-0.3, -0.25) is 0 Å². The lowest BCUT2D eigenvalue weighted by atomic mass is 9.93. The molecule has 0 bridgehead atoms. The second-order valence-electron chi connectivity index (χ2n) is 2.99. The Morgan fingerprint density at radius 1 is 1.31 bits per heavy atom. The van der Waals surface area contributed by atoms with E-state index in [1.165, 1.54) is 0 Å². The van der Waals surface area contributed by atoms with Gasteiger partial charge in [0.1, 0.15) is 5.41 Å². The highest BCUT2D eigenvalue weighted by molar-refractivity contribution is 14.1. The number of nitrogens with zero attached hydrogens (tertiary/aromatic N) is 2. The van der Waals surface area contributed by atoms with Crippen molar-refractivity contribution in [1.82, 2.24) is 10.1 Å². The lowest BCUT2D eigenvalue weighted by molar-refractivity contribution is -0.186. The summed E-state index contributed by atoms with van der Waals surface area (Å²) in [7, 11) is 0. The number of hydrogen-bond acceptors (Lipinski definition) is 3. The number of aromatic nitrogens is 2. The van der Waals surface area contributed by atoms with Crippen LogP contribution in [0.3, 0.4) is 0 Å². The molecule has 13 heavy (non-hydrogen) atoms. The Kier molecular flexibility index (Phi) is 2.56. The van der Waals surface area contributed by atoms with Crippen molar-refractivity contribution in [2.75, 3.05) is 0 Å². The van der Waals surface area contributed by atoms with Crippen LogP contribution in [0.5, 0.6) is 0 Å². The van der Waals surface area contributed by atoms with Crippen molar-refractivity contribution >= 4 is 22.6 Å². The van der Waals surface area contributed by atoms with Gasteiger partial charge in [-0.25, -0.2) is 0 Å². The van der Waals surface area contributed by atoms with E-state index in [0.717, 1.165) is 13.8 Å². The van der Waals surface area contributed by atoms with Crippen LogP contribution in [0.2, 0.25) is 0 Å². The summed E-state index contributed by atoms with van der Waals surface area (Å²) >= 11 is 1.69. The lowest BCUT2D eigenvalue weighted by Crippen LogP contribution is -2.36. The van der Waals surface area contributed by atoms with Crippen LogP contribution in [0, 0.1) is 3.83 Å². The van der Waals surface area contributed by atoms with Crippen molar-refractivity contribution in [2.45, 2.75) is 25.4 Å². The summed E-state index contributed by atoms with van der Waals surface area (Å²) in [5.41, 5.74) is -2.09. The SMILES string of the molecule is CC(C)(c1nc(I)no1)C(F)(F)F. The molecule has 0 saturated carbocycles. The summed E-state index contributed by atoms with van der Waals surface area (Å²) in [5, 5.41) is 3.30. The standard InChI is InChI=1S/C6H6F3IN2O/c1-5(2,6(7,8)9)3-11-4(10)12-13-3/h1-2H3. The van der Waals surface area contributed by atoms with Crippen LogP contribution in [0.4, 0.5) is 13.2 Å². The molecule has 0 spiro atoms. The topological polar surface area (TPSA) is 38.9 Å². The highest BCUT2D eigenvalue weighted by Gasteiger charge is 2.52. The molecule has 3 nitrogen and oxygen atoms in total. The third kappa shape index (κ3) is 1.94. The van der Waals surface area contributed by atoms with Crippen LogP contribution >= 0.6 is 22.6 Å². The zero-order valence-electron chi connectivity index (χ0n) is 6.81. The van der Waals surface area contributed by atoms with Gasteiger partial charge in [0.15, 0.2) is 0 Å². The molecule has 0 amide bonds. The van der Waals surface area contributed by atoms with Gasteiger partial charge < -0.3 is 4.52 Å². The molecule has 1 rings (SSSR count). The largest absolute Gasteiger partial charge is 0.402 e. The predicted octanol–water partition coefficient (Wildman–Crippen LogP) is 2.51. The van der Waals surface area contributed by atoms with E-state index in [2.05, 4.69) is 14.7 Å². The van der Waals surface area contributed by atoms with E-state index in [1.54, 1.807) is 22.6 Å². The monoisotopic (exact) mass is 306 g/mol. The summed E-state index contributed by atoms with van der Waals surface area (Å²) in [6.45, 7) is 1.99. The summed E-state index contributed by atoms with van der Waals surface area (Å²) < 4.78 is 41.8. The van der Waals surface area contributed by atoms with Crippen molar-refractivity contribution in [1.29, 1.82) is 0 Å². The van der Waals surface area contributed by atoms with E-state index < -0.39 is 17.5 Å². The van der Waals surface area contributed by atoms with Crippen molar-refractivity contribution in [3.05, 3.63) is 9.72 Å². The van der Waals surface area contributed by atoms with Crippen LogP contribution in [-0.2, 0) is 5.41 Å². The fourth-order valence-electron chi connectivity index (χ4n) is 0.581. The minimum Gasteiger partial charge on any atom is -0.338 e. The average molecular weight is 306 g/mol. The second-order valence-corrected chi connectivity index (χ2v) is 3.96. The zero-order valence-corrected chi connectivity index (χ0v) is 8.97. The molecule has 0 aromatic carbocycles. The Bertz CT molecular complexity index is 307. The maximum atomic E-state index is 12.4. The van der Waals surface area contributed by atoms with Crippen LogP contribution in [-0.4, -0.2) is 16.3 Å². The van der Waals surface area contributed by atoms with Crippen LogP contribution in [0.1, 0.15) is 19.7 Å². The average Bonchev–Trinajstić information content (AvgIpc) is 2.33. The van der Waals surface area contributed by atoms with Gasteiger partial charge in [-0.2, -0.15) is 18.2 Å². The normalized spacial score (nSPS) is 13.4. The van der Waals surface area contributed by atoms with Gasteiger partial charge in [-0.15, -0.1) is 0 Å². The first-order chi connectivity index (χ1) is 5.75. The first kappa shape index (κ1) is 10.7. The number of hydrogen-bond donors (Lipinski definition) is 0. The van der Waals surface area contributed by atoms with Crippen LogP contribution in [0.15, 0.2) is 4.52 Å². The minimum absolute atomic E-state index is 0.171. The van der Waals surface area contributed by atoms with Gasteiger partial charge in [0.05, 0.1) is 0 Å². The first-order valence-electron chi connectivity index (χ1n) is 3.31. The summed E-state index contributed by atoms with van der Waals surface area (Å²) in [5.74, 6) is -0.413. The summed E-state index contributed by atoms with van der Waals surface area (Å²) in [6, 6.07) is 0. The van der Waals surface area contributed by atoms with Crippen LogP contribution in [0.25, 0.3) is 0 Å². The molecule has 1 heterocycles. The van der Waals surface area contributed by atoms with Gasteiger partial charge >= 0.3 is 6.18 Å².